The van der Waals surface area contributed by atoms with Crippen LogP contribution in [0.4, 0.5) is 5.69 Å². The summed E-state index contributed by atoms with van der Waals surface area (Å²) in [6.45, 7) is 0. The lowest BCUT2D eigenvalue weighted by Gasteiger charge is -2.05. The van der Waals surface area contributed by atoms with E-state index >= 15 is 0 Å². The maximum Gasteiger partial charge on any atom is 0.320 e. The van der Waals surface area contributed by atoms with Crippen LogP contribution in [0.1, 0.15) is 5.56 Å². The van der Waals surface area contributed by atoms with Crippen molar-refractivity contribution in [2.24, 2.45) is 5.73 Å². The number of hydrogen-bond donors (Lipinski definition) is 2. The van der Waals surface area contributed by atoms with Gasteiger partial charge in [-0.1, -0.05) is 12.1 Å². The number of nitro groups is 1. The smallest absolute Gasteiger partial charge is 0.320 e. The van der Waals surface area contributed by atoms with Gasteiger partial charge in [0, 0.05) is 12.1 Å². The number of rotatable bonds is 4. The average molecular weight is 247 g/mol. The van der Waals surface area contributed by atoms with Gasteiger partial charge in [0.15, 0.2) is 0 Å². The number of halogens is 1. The summed E-state index contributed by atoms with van der Waals surface area (Å²) in [6.07, 6.45) is 0.160. The topological polar surface area (TPSA) is 106 Å². The van der Waals surface area contributed by atoms with Gasteiger partial charge < -0.3 is 10.8 Å². The third kappa shape index (κ3) is 3.84. The zero-order valence-electron chi connectivity index (χ0n) is 8.20. The predicted octanol–water partition coefficient (Wildman–Crippen LogP) is 0.971. The van der Waals surface area contributed by atoms with Gasteiger partial charge in [-0.25, -0.2) is 0 Å². The maximum atomic E-state index is 10.4. The summed E-state index contributed by atoms with van der Waals surface area (Å²) >= 11 is 0. The van der Waals surface area contributed by atoms with Crippen molar-refractivity contribution in [2.75, 3.05) is 0 Å². The molecule has 0 aliphatic rings. The Morgan fingerprint density at radius 3 is 2.31 bits per heavy atom. The van der Waals surface area contributed by atoms with Gasteiger partial charge in [-0.2, -0.15) is 0 Å². The van der Waals surface area contributed by atoms with Crippen LogP contribution in [-0.2, 0) is 11.2 Å². The molecule has 1 aromatic carbocycles. The van der Waals surface area contributed by atoms with Crippen molar-refractivity contribution in [1.82, 2.24) is 0 Å². The Hall–Kier alpha value is -1.66. The summed E-state index contributed by atoms with van der Waals surface area (Å²) in [5, 5.41) is 18.9. The van der Waals surface area contributed by atoms with Crippen LogP contribution in [0.2, 0.25) is 0 Å². The molecular formula is C9H11ClN2O4. The number of benzene rings is 1. The van der Waals surface area contributed by atoms with E-state index in [0.717, 1.165) is 0 Å². The van der Waals surface area contributed by atoms with E-state index in [1.54, 1.807) is 0 Å². The van der Waals surface area contributed by atoms with Gasteiger partial charge in [0.2, 0.25) is 0 Å². The fraction of sp³-hybridized carbons (Fsp3) is 0.222. The van der Waals surface area contributed by atoms with Crippen molar-refractivity contribution in [3.8, 4) is 0 Å². The van der Waals surface area contributed by atoms with Crippen molar-refractivity contribution < 1.29 is 14.8 Å². The first-order chi connectivity index (χ1) is 7.00. The van der Waals surface area contributed by atoms with Gasteiger partial charge in [-0.3, -0.25) is 14.9 Å². The van der Waals surface area contributed by atoms with E-state index < -0.39 is 16.9 Å². The Labute approximate surface area is 97.6 Å². The molecule has 3 N–H and O–H groups in total. The van der Waals surface area contributed by atoms with E-state index in [2.05, 4.69) is 0 Å². The molecule has 6 nitrogen and oxygen atoms in total. The number of carboxylic acids is 1. The molecule has 1 aromatic rings. The van der Waals surface area contributed by atoms with E-state index in [1.165, 1.54) is 24.3 Å². The standard InChI is InChI=1S/C9H10N2O4.ClH/c10-8(9(12)13)5-6-1-3-7(4-2-6)11(14)15;/h1-4,8H,5,10H2,(H,12,13);1H. The van der Waals surface area contributed by atoms with Crippen molar-refractivity contribution in [3.63, 3.8) is 0 Å². The summed E-state index contributed by atoms with van der Waals surface area (Å²) < 4.78 is 0. The molecular weight excluding hydrogens is 236 g/mol. The normalized spacial score (nSPS) is 11.3. The number of carboxylic acid groups (broad SMARTS) is 1. The Morgan fingerprint density at radius 1 is 1.44 bits per heavy atom. The second kappa shape index (κ2) is 6.04. The number of non-ortho nitro benzene ring substituents is 1. The molecule has 0 radical (unpaired) electrons. The number of aliphatic carboxylic acids is 1. The molecule has 0 fully saturated rings. The van der Waals surface area contributed by atoms with Crippen LogP contribution in [-0.4, -0.2) is 22.0 Å². The molecule has 0 aromatic heterocycles. The van der Waals surface area contributed by atoms with Gasteiger partial charge in [0.05, 0.1) is 4.92 Å². The number of nitrogens with zero attached hydrogens (tertiary/aromatic N) is 1. The lowest BCUT2D eigenvalue weighted by molar-refractivity contribution is -0.384. The van der Waals surface area contributed by atoms with Gasteiger partial charge in [-0.15, -0.1) is 12.4 Å². The molecule has 0 heterocycles. The molecule has 0 bridgehead atoms. The van der Waals surface area contributed by atoms with Gasteiger partial charge in [0.1, 0.15) is 6.04 Å². The third-order valence-corrected chi connectivity index (χ3v) is 1.92. The molecule has 1 unspecified atom stereocenters. The first kappa shape index (κ1) is 14.3. The predicted molar refractivity (Wildman–Crippen MR) is 59.7 cm³/mol. The molecule has 16 heavy (non-hydrogen) atoms. The van der Waals surface area contributed by atoms with Crippen molar-refractivity contribution in [2.45, 2.75) is 12.5 Å². The highest BCUT2D eigenvalue weighted by Crippen LogP contribution is 2.12. The zero-order valence-corrected chi connectivity index (χ0v) is 9.02. The monoisotopic (exact) mass is 246 g/mol. The highest BCUT2D eigenvalue weighted by Gasteiger charge is 2.12. The summed E-state index contributed by atoms with van der Waals surface area (Å²) in [5.41, 5.74) is 5.95. The second-order valence-corrected chi connectivity index (χ2v) is 3.07. The molecule has 0 spiro atoms. The van der Waals surface area contributed by atoms with Crippen molar-refractivity contribution >= 4 is 24.1 Å². The van der Waals surface area contributed by atoms with Crippen LogP contribution in [0.15, 0.2) is 24.3 Å². The lowest BCUT2D eigenvalue weighted by atomic mass is 10.1. The first-order valence-electron chi connectivity index (χ1n) is 4.22. The number of nitrogens with two attached hydrogens (primary N) is 1. The molecule has 0 amide bonds. The fourth-order valence-electron chi connectivity index (χ4n) is 1.09. The number of nitro benzene ring substituents is 1. The molecule has 0 saturated carbocycles. The van der Waals surface area contributed by atoms with E-state index in [0.29, 0.717) is 5.56 Å². The Balaban J connectivity index is 0.00000225. The van der Waals surface area contributed by atoms with Crippen LogP contribution >= 0.6 is 12.4 Å². The van der Waals surface area contributed by atoms with Crippen molar-refractivity contribution in [1.29, 1.82) is 0 Å². The SMILES string of the molecule is Cl.NC(Cc1ccc([N+](=O)[O-])cc1)C(=O)O. The molecule has 1 rings (SSSR count). The van der Waals surface area contributed by atoms with Crippen LogP contribution in [0.25, 0.3) is 0 Å². The van der Waals surface area contributed by atoms with Gasteiger partial charge in [0.25, 0.3) is 5.69 Å². The van der Waals surface area contributed by atoms with Crippen LogP contribution < -0.4 is 5.73 Å². The van der Waals surface area contributed by atoms with Crippen LogP contribution in [0.5, 0.6) is 0 Å². The Morgan fingerprint density at radius 2 is 1.94 bits per heavy atom. The summed E-state index contributed by atoms with van der Waals surface area (Å²) in [5.74, 6) is -1.09. The molecule has 0 aliphatic carbocycles. The molecule has 7 heteroatoms. The zero-order chi connectivity index (χ0) is 11.4. The number of carbonyl (C=O) groups is 1. The molecule has 0 aliphatic heterocycles. The van der Waals surface area contributed by atoms with E-state index in [4.69, 9.17) is 10.8 Å². The summed E-state index contributed by atoms with van der Waals surface area (Å²) in [7, 11) is 0. The van der Waals surface area contributed by atoms with Gasteiger partial charge >= 0.3 is 5.97 Å². The minimum atomic E-state index is -1.09. The van der Waals surface area contributed by atoms with Crippen LogP contribution in [0.3, 0.4) is 0 Å². The first-order valence-corrected chi connectivity index (χ1v) is 4.22. The largest absolute Gasteiger partial charge is 0.480 e. The van der Waals surface area contributed by atoms with Gasteiger partial charge in [-0.05, 0) is 12.0 Å². The molecule has 88 valence electrons. The van der Waals surface area contributed by atoms with Crippen LogP contribution in [0, 0.1) is 10.1 Å². The van der Waals surface area contributed by atoms with Crippen molar-refractivity contribution in [3.05, 3.63) is 39.9 Å². The highest BCUT2D eigenvalue weighted by atomic mass is 35.5. The van der Waals surface area contributed by atoms with E-state index in [9.17, 15) is 14.9 Å². The summed E-state index contributed by atoms with van der Waals surface area (Å²) in [6, 6.07) is 4.67. The Kier molecular flexibility index (Phi) is 5.41. The third-order valence-electron chi connectivity index (χ3n) is 1.92. The quantitative estimate of drug-likeness (QED) is 0.608. The number of hydrogen-bond acceptors (Lipinski definition) is 4. The maximum absolute atomic E-state index is 10.4. The fourth-order valence-corrected chi connectivity index (χ4v) is 1.09. The van der Waals surface area contributed by atoms with E-state index in [-0.39, 0.29) is 24.5 Å². The minimum Gasteiger partial charge on any atom is -0.480 e. The Bertz CT molecular complexity index is 380. The molecule has 1 atom stereocenters. The summed E-state index contributed by atoms with van der Waals surface area (Å²) in [4.78, 5) is 20.3. The molecule has 0 saturated heterocycles. The van der Waals surface area contributed by atoms with E-state index in [1.807, 2.05) is 0 Å². The average Bonchev–Trinajstić information content (AvgIpc) is 2.18. The highest BCUT2D eigenvalue weighted by molar-refractivity contribution is 5.85. The lowest BCUT2D eigenvalue weighted by Crippen LogP contribution is -2.32. The second-order valence-electron chi connectivity index (χ2n) is 3.07. The minimum absolute atomic E-state index is 0.